The predicted octanol–water partition coefficient (Wildman–Crippen LogP) is 3.79. The van der Waals surface area contributed by atoms with Crippen LogP contribution in [-0.2, 0) is 6.54 Å². The molecule has 18 heavy (non-hydrogen) atoms. The van der Waals surface area contributed by atoms with Gasteiger partial charge in [-0.05, 0) is 59.4 Å². The van der Waals surface area contributed by atoms with Crippen LogP contribution in [0, 0.1) is 5.92 Å². The molecule has 100 valence electrons. The summed E-state index contributed by atoms with van der Waals surface area (Å²) in [5, 5.41) is 3.19. The standard InChI is InChI=1S/C15H23BrN2/c1-3-12-5-4-8-18(11-12)15-7-6-13(10-17-2)9-14(15)16/h6-7,9,12,17H,3-5,8,10-11H2,1-2H3. The van der Waals surface area contributed by atoms with E-state index in [2.05, 4.69) is 51.3 Å². The van der Waals surface area contributed by atoms with Gasteiger partial charge < -0.3 is 10.2 Å². The summed E-state index contributed by atoms with van der Waals surface area (Å²) < 4.78 is 1.23. The maximum Gasteiger partial charge on any atom is 0.0510 e. The Bertz CT molecular complexity index is 392. The quantitative estimate of drug-likeness (QED) is 0.910. The highest BCUT2D eigenvalue weighted by molar-refractivity contribution is 9.10. The van der Waals surface area contributed by atoms with E-state index in [1.807, 2.05) is 7.05 Å². The number of nitrogens with one attached hydrogen (secondary N) is 1. The molecule has 2 nitrogen and oxygen atoms in total. The summed E-state index contributed by atoms with van der Waals surface area (Å²) in [5.41, 5.74) is 2.69. The van der Waals surface area contributed by atoms with Crippen LogP contribution in [0.5, 0.6) is 0 Å². The van der Waals surface area contributed by atoms with E-state index in [0.29, 0.717) is 0 Å². The number of nitrogens with zero attached hydrogens (tertiary/aromatic N) is 1. The average molecular weight is 311 g/mol. The van der Waals surface area contributed by atoms with Gasteiger partial charge in [-0.1, -0.05) is 19.4 Å². The Kier molecular flexibility index (Phi) is 5.07. The van der Waals surface area contributed by atoms with Crippen LogP contribution in [0.4, 0.5) is 5.69 Å². The number of hydrogen-bond acceptors (Lipinski definition) is 2. The first-order valence-electron chi connectivity index (χ1n) is 6.92. The maximum atomic E-state index is 3.73. The molecule has 1 atom stereocenters. The second kappa shape index (κ2) is 6.58. The number of hydrogen-bond donors (Lipinski definition) is 1. The number of rotatable bonds is 4. The smallest absolute Gasteiger partial charge is 0.0510 e. The van der Waals surface area contributed by atoms with Crippen LogP contribution >= 0.6 is 15.9 Å². The summed E-state index contributed by atoms with van der Waals surface area (Å²) in [6.45, 7) is 5.64. The van der Waals surface area contributed by atoms with E-state index in [1.165, 1.54) is 48.1 Å². The number of piperidine rings is 1. The first kappa shape index (κ1) is 13.9. The highest BCUT2D eigenvalue weighted by Gasteiger charge is 2.20. The van der Waals surface area contributed by atoms with Gasteiger partial charge in [-0.3, -0.25) is 0 Å². The lowest BCUT2D eigenvalue weighted by Gasteiger charge is -2.34. The van der Waals surface area contributed by atoms with Crippen LogP contribution in [0.1, 0.15) is 31.7 Å². The zero-order chi connectivity index (χ0) is 13.0. The van der Waals surface area contributed by atoms with Gasteiger partial charge in [-0.25, -0.2) is 0 Å². The monoisotopic (exact) mass is 310 g/mol. The van der Waals surface area contributed by atoms with Gasteiger partial charge in [-0.15, -0.1) is 0 Å². The Balaban J connectivity index is 2.12. The highest BCUT2D eigenvalue weighted by Crippen LogP contribution is 2.31. The summed E-state index contributed by atoms with van der Waals surface area (Å²) in [4.78, 5) is 2.53. The SMILES string of the molecule is CCC1CCCN(c2ccc(CNC)cc2Br)C1. The molecule has 1 unspecified atom stereocenters. The number of halogens is 1. The van der Waals surface area contributed by atoms with Crippen molar-refractivity contribution in [1.82, 2.24) is 5.32 Å². The van der Waals surface area contributed by atoms with Crippen LogP contribution < -0.4 is 10.2 Å². The Morgan fingerprint density at radius 2 is 2.28 bits per heavy atom. The van der Waals surface area contributed by atoms with Crippen LogP contribution in [0.25, 0.3) is 0 Å². The van der Waals surface area contributed by atoms with Crippen LogP contribution in [0.15, 0.2) is 22.7 Å². The molecule has 0 spiro atoms. The maximum absolute atomic E-state index is 3.73. The largest absolute Gasteiger partial charge is 0.370 e. The minimum Gasteiger partial charge on any atom is -0.370 e. The molecule has 1 aliphatic rings. The van der Waals surface area contributed by atoms with Gasteiger partial charge in [0.15, 0.2) is 0 Å². The van der Waals surface area contributed by atoms with Crippen molar-refractivity contribution >= 4 is 21.6 Å². The third kappa shape index (κ3) is 3.27. The van der Waals surface area contributed by atoms with Crippen molar-refractivity contribution in [3.8, 4) is 0 Å². The minimum absolute atomic E-state index is 0.864. The van der Waals surface area contributed by atoms with Gasteiger partial charge in [0, 0.05) is 24.1 Å². The van der Waals surface area contributed by atoms with E-state index in [9.17, 15) is 0 Å². The number of benzene rings is 1. The molecule has 0 bridgehead atoms. The van der Waals surface area contributed by atoms with E-state index in [-0.39, 0.29) is 0 Å². The third-order valence-corrected chi connectivity index (χ3v) is 4.47. The molecule has 1 saturated heterocycles. The minimum atomic E-state index is 0.864. The van der Waals surface area contributed by atoms with Gasteiger partial charge in [0.1, 0.15) is 0 Å². The molecule has 1 aromatic carbocycles. The van der Waals surface area contributed by atoms with Crippen molar-refractivity contribution < 1.29 is 0 Å². The molecule has 1 fully saturated rings. The van der Waals surface area contributed by atoms with Crippen molar-refractivity contribution in [3.63, 3.8) is 0 Å². The molecule has 1 aliphatic heterocycles. The van der Waals surface area contributed by atoms with Crippen molar-refractivity contribution in [1.29, 1.82) is 0 Å². The first-order chi connectivity index (χ1) is 8.74. The van der Waals surface area contributed by atoms with Crippen LogP contribution in [0.3, 0.4) is 0 Å². The fourth-order valence-electron chi connectivity index (χ4n) is 2.74. The van der Waals surface area contributed by atoms with Crippen molar-refractivity contribution in [2.24, 2.45) is 5.92 Å². The fourth-order valence-corrected chi connectivity index (χ4v) is 3.42. The van der Waals surface area contributed by atoms with Gasteiger partial charge in [0.2, 0.25) is 0 Å². The lowest BCUT2D eigenvalue weighted by atomic mass is 9.95. The van der Waals surface area contributed by atoms with E-state index in [0.717, 1.165) is 12.5 Å². The average Bonchev–Trinajstić information content (AvgIpc) is 2.39. The number of anilines is 1. The summed E-state index contributed by atoms with van der Waals surface area (Å²) in [6.07, 6.45) is 4.01. The predicted molar refractivity (Wildman–Crippen MR) is 82.1 cm³/mol. The van der Waals surface area contributed by atoms with Gasteiger partial charge >= 0.3 is 0 Å². The summed E-state index contributed by atoms with van der Waals surface area (Å²) in [7, 11) is 1.98. The molecule has 0 amide bonds. The van der Waals surface area contributed by atoms with E-state index >= 15 is 0 Å². The summed E-state index contributed by atoms with van der Waals surface area (Å²) >= 11 is 3.73. The summed E-state index contributed by atoms with van der Waals surface area (Å²) in [5.74, 6) is 0.864. The Morgan fingerprint density at radius 1 is 1.44 bits per heavy atom. The molecular weight excluding hydrogens is 288 g/mol. The zero-order valence-corrected chi connectivity index (χ0v) is 13.0. The van der Waals surface area contributed by atoms with E-state index < -0.39 is 0 Å². The van der Waals surface area contributed by atoms with Crippen molar-refractivity contribution in [2.75, 3.05) is 25.0 Å². The highest BCUT2D eigenvalue weighted by atomic mass is 79.9. The molecular formula is C15H23BrN2. The molecule has 0 aliphatic carbocycles. The topological polar surface area (TPSA) is 15.3 Å². The normalized spacial score (nSPS) is 20.2. The Morgan fingerprint density at radius 3 is 2.94 bits per heavy atom. The first-order valence-corrected chi connectivity index (χ1v) is 7.72. The van der Waals surface area contributed by atoms with Crippen LogP contribution in [-0.4, -0.2) is 20.1 Å². The Hall–Kier alpha value is -0.540. The Labute approximate surface area is 119 Å². The van der Waals surface area contributed by atoms with E-state index in [4.69, 9.17) is 0 Å². The molecule has 2 rings (SSSR count). The lowest BCUT2D eigenvalue weighted by Crippen LogP contribution is -2.35. The van der Waals surface area contributed by atoms with Gasteiger partial charge in [0.05, 0.1) is 5.69 Å². The molecule has 3 heteroatoms. The molecule has 1 heterocycles. The summed E-state index contributed by atoms with van der Waals surface area (Å²) in [6, 6.07) is 6.72. The van der Waals surface area contributed by atoms with E-state index in [1.54, 1.807) is 0 Å². The molecule has 0 radical (unpaired) electrons. The third-order valence-electron chi connectivity index (χ3n) is 3.83. The fraction of sp³-hybridized carbons (Fsp3) is 0.600. The lowest BCUT2D eigenvalue weighted by molar-refractivity contribution is 0.404. The molecule has 1 N–H and O–H groups in total. The second-order valence-electron chi connectivity index (χ2n) is 5.18. The molecule has 0 aromatic heterocycles. The van der Waals surface area contributed by atoms with Crippen LogP contribution in [0.2, 0.25) is 0 Å². The molecule has 1 aromatic rings. The van der Waals surface area contributed by atoms with Gasteiger partial charge in [0.25, 0.3) is 0 Å². The van der Waals surface area contributed by atoms with Gasteiger partial charge in [-0.2, -0.15) is 0 Å². The van der Waals surface area contributed by atoms with Crippen molar-refractivity contribution in [3.05, 3.63) is 28.2 Å². The van der Waals surface area contributed by atoms with Crippen molar-refractivity contribution in [2.45, 2.75) is 32.7 Å². The molecule has 0 saturated carbocycles. The second-order valence-corrected chi connectivity index (χ2v) is 6.03. The zero-order valence-electron chi connectivity index (χ0n) is 11.4.